The van der Waals surface area contributed by atoms with Crippen molar-refractivity contribution in [1.29, 1.82) is 0 Å². The maximum absolute atomic E-state index is 12.9. The number of alkyl halides is 3. The molecule has 1 amide bonds. The number of pyridine rings is 1. The van der Waals surface area contributed by atoms with Gasteiger partial charge in [-0.05, 0) is 36.0 Å². The SMILES string of the molecule is COCCOc1ccc(C(F)(F)F)cc1NC(=O)CSc1cccc[n+]1[O-]. The first-order valence-corrected chi connectivity index (χ1v) is 8.73. The Bertz CT molecular complexity index is 787. The lowest BCUT2D eigenvalue weighted by atomic mass is 10.1. The zero-order valence-corrected chi connectivity index (χ0v) is 15.1. The smallest absolute Gasteiger partial charge is 0.416 e. The maximum atomic E-state index is 12.9. The van der Waals surface area contributed by atoms with Gasteiger partial charge in [-0.3, -0.25) is 4.79 Å². The van der Waals surface area contributed by atoms with Gasteiger partial charge in [0, 0.05) is 19.2 Å². The van der Waals surface area contributed by atoms with Crippen molar-refractivity contribution < 1.29 is 32.2 Å². The van der Waals surface area contributed by atoms with E-state index in [4.69, 9.17) is 9.47 Å². The number of carbonyl (C=O) groups excluding carboxylic acids is 1. The Kier molecular flexibility index (Phi) is 7.31. The molecule has 0 aliphatic heterocycles. The highest BCUT2D eigenvalue weighted by atomic mass is 32.2. The van der Waals surface area contributed by atoms with Gasteiger partial charge in [0.2, 0.25) is 5.91 Å². The Labute approximate surface area is 157 Å². The molecule has 2 aromatic rings. The Morgan fingerprint density at radius 1 is 1.26 bits per heavy atom. The number of hydrogen-bond acceptors (Lipinski definition) is 5. The fraction of sp³-hybridized carbons (Fsp3) is 0.294. The monoisotopic (exact) mass is 402 g/mol. The van der Waals surface area contributed by atoms with Gasteiger partial charge in [0.25, 0.3) is 5.03 Å². The molecule has 1 aromatic carbocycles. The van der Waals surface area contributed by atoms with Gasteiger partial charge in [-0.25, -0.2) is 0 Å². The van der Waals surface area contributed by atoms with E-state index in [1.165, 1.54) is 19.4 Å². The second kappa shape index (κ2) is 9.47. The lowest BCUT2D eigenvalue weighted by molar-refractivity contribution is -0.645. The summed E-state index contributed by atoms with van der Waals surface area (Å²) < 4.78 is 49.6. The van der Waals surface area contributed by atoms with Crippen molar-refractivity contribution in [3.63, 3.8) is 0 Å². The van der Waals surface area contributed by atoms with E-state index in [2.05, 4.69) is 5.32 Å². The summed E-state index contributed by atoms with van der Waals surface area (Å²) in [5, 5.41) is 14.3. The van der Waals surface area contributed by atoms with Crippen LogP contribution in [0.3, 0.4) is 0 Å². The number of ether oxygens (including phenoxy) is 2. The second-order valence-corrected chi connectivity index (χ2v) is 6.25. The van der Waals surface area contributed by atoms with Gasteiger partial charge in [-0.15, -0.1) is 0 Å². The minimum Gasteiger partial charge on any atom is -0.618 e. The van der Waals surface area contributed by atoms with E-state index in [-0.39, 0.29) is 30.4 Å². The fourth-order valence-corrected chi connectivity index (χ4v) is 2.73. The van der Waals surface area contributed by atoms with Crippen LogP contribution in [0.25, 0.3) is 0 Å². The minimum absolute atomic E-state index is 0.0944. The molecule has 0 saturated carbocycles. The number of carbonyl (C=O) groups is 1. The molecule has 0 fully saturated rings. The largest absolute Gasteiger partial charge is 0.618 e. The number of benzene rings is 1. The first-order chi connectivity index (χ1) is 12.8. The van der Waals surface area contributed by atoms with Crippen LogP contribution in [0.1, 0.15) is 5.56 Å². The van der Waals surface area contributed by atoms with Crippen molar-refractivity contribution >= 4 is 23.4 Å². The van der Waals surface area contributed by atoms with Crippen LogP contribution < -0.4 is 14.8 Å². The van der Waals surface area contributed by atoms with E-state index < -0.39 is 17.6 Å². The Morgan fingerprint density at radius 3 is 2.70 bits per heavy atom. The predicted octanol–water partition coefficient (Wildman–Crippen LogP) is 3.09. The number of methoxy groups -OCH3 is 1. The van der Waals surface area contributed by atoms with Crippen LogP contribution in [-0.4, -0.2) is 32.0 Å². The van der Waals surface area contributed by atoms with E-state index in [0.29, 0.717) is 9.76 Å². The summed E-state index contributed by atoms with van der Waals surface area (Å²) in [7, 11) is 1.46. The number of rotatable bonds is 8. The number of amides is 1. The van der Waals surface area contributed by atoms with Gasteiger partial charge in [0.05, 0.1) is 23.6 Å². The van der Waals surface area contributed by atoms with Gasteiger partial charge in [-0.1, -0.05) is 0 Å². The highest BCUT2D eigenvalue weighted by Gasteiger charge is 2.31. The van der Waals surface area contributed by atoms with Gasteiger partial charge >= 0.3 is 6.18 Å². The molecule has 0 spiro atoms. The molecule has 2 rings (SSSR count). The molecule has 6 nitrogen and oxygen atoms in total. The van der Waals surface area contributed by atoms with Crippen LogP contribution in [-0.2, 0) is 15.7 Å². The summed E-state index contributed by atoms with van der Waals surface area (Å²) in [5.41, 5.74) is -1.01. The predicted molar refractivity (Wildman–Crippen MR) is 93.6 cm³/mol. The number of anilines is 1. The maximum Gasteiger partial charge on any atom is 0.416 e. The number of nitrogens with one attached hydrogen (secondary N) is 1. The molecule has 0 bridgehead atoms. The van der Waals surface area contributed by atoms with Crippen molar-refractivity contribution in [2.45, 2.75) is 11.2 Å². The number of thioether (sulfide) groups is 1. The zero-order valence-electron chi connectivity index (χ0n) is 14.3. The molecule has 1 aromatic heterocycles. The topological polar surface area (TPSA) is 74.5 Å². The summed E-state index contributed by atoms with van der Waals surface area (Å²) in [6, 6.07) is 7.54. The quantitative estimate of drug-likeness (QED) is 0.318. The average Bonchev–Trinajstić information content (AvgIpc) is 2.61. The molecule has 0 unspecified atom stereocenters. The van der Waals surface area contributed by atoms with Crippen molar-refractivity contribution in [2.75, 3.05) is 31.4 Å². The molecule has 0 atom stereocenters. The summed E-state index contributed by atoms with van der Waals surface area (Å²) in [5.74, 6) is -0.628. The Hall–Kier alpha value is -2.46. The molecule has 0 saturated heterocycles. The van der Waals surface area contributed by atoms with Crippen LogP contribution in [0, 0.1) is 5.21 Å². The van der Waals surface area contributed by atoms with Gasteiger partial charge in [0.1, 0.15) is 12.4 Å². The molecule has 1 N–H and O–H groups in total. The standard InChI is InChI=1S/C17H17F3N2O4S/c1-25-8-9-26-14-6-5-12(17(18,19)20)10-13(14)21-15(23)11-27-16-4-2-3-7-22(16)24/h2-7,10H,8-9,11H2,1H3,(H,21,23). The van der Waals surface area contributed by atoms with Crippen molar-refractivity contribution in [1.82, 2.24) is 0 Å². The number of nitrogens with zero attached hydrogens (tertiary/aromatic N) is 1. The lowest BCUT2D eigenvalue weighted by Gasteiger charge is -2.15. The van der Waals surface area contributed by atoms with Crippen LogP contribution >= 0.6 is 11.8 Å². The molecular formula is C17H17F3N2O4S. The molecule has 27 heavy (non-hydrogen) atoms. The fourth-order valence-electron chi connectivity index (χ4n) is 2.01. The van der Waals surface area contributed by atoms with Gasteiger partial charge < -0.3 is 20.0 Å². The molecule has 10 heteroatoms. The third-order valence-corrected chi connectivity index (χ3v) is 4.28. The molecular weight excluding hydrogens is 385 g/mol. The van der Waals surface area contributed by atoms with E-state index in [1.54, 1.807) is 12.1 Å². The molecule has 0 aliphatic rings. The van der Waals surface area contributed by atoms with E-state index in [9.17, 15) is 23.2 Å². The first kappa shape index (κ1) is 20.8. The van der Waals surface area contributed by atoms with Crippen molar-refractivity contribution in [3.05, 3.63) is 53.4 Å². The third-order valence-electron chi connectivity index (χ3n) is 3.27. The number of halogens is 3. The molecule has 146 valence electrons. The summed E-state index contributed by atoms with van der Waals surface area (Å²) in [6.45, 7) is 0.349. The summed E-state index contributed by atoms with van der Waals surface area (Å²) >= 11 is 0.967. The summed E-state index contributed by atoms with van der Waals surface area (Å²) in [6.07, 6.45) is -3.27. The van der Waals surface area contributed by atoms with E-state index in [1.807, 2.05) is 0 Å². The highest BCUT2D eigenvalue weighted by Crippen LogP contribution is 2.35. The molecule has 0 aliphatic carbocycles. The van der Waals surface area contributed by atoms with Crippen LogP contribution in [0.5, 0.6) is 5.75 Å². The third kappa shape index (κ3) is 6.33. The van der Waals surface area contributed by atoms with Crippen molar-refractivity contribution in [2.24, 2.45) is 0 Å². The molecule has 1 heterocycles. The number of aromatic nitrogens is 1. The Morgan fingerprint density at radius 2 is 2.04 bits per heavy atom. The Balaban J connectivity index is 2.11. The summed E-state index contributed by atoms with van der Waals surface area (Å²) in [4.78, 5) is 12.1. The first-order valence-electron chi connectivity index (χ1n) is 7.75. The van der Waals surface area contributed by atoms with Crippen LogP contribution in [0.15, 0.2) is 47.6 Å². The lowest BCUT2D eigenvalue weighted by Crippen LogP contribution is -2.28. The van der Waals surface area contributed by atoms with Crippen molar-refractivity contribution in [3.8, 4) is 5.75 Å². The van der Waals surface area contributed by atoms with E-state index >= 15 is 0 Å². The highest BCUT2D eigenvalue weighted by molar-refractivity contribution is 7.99. The van der Waals surface area contributed by atoms with Crippen LogP contribution in [0.2, 0.25) is 0 Å². The van der Waals surface area contributed by atoms with Crippen LogP contribution in [0.4, 0.5) is 18.9 Å². The minimum atomic E-state index is -4.56. The van der Waals surface area contributed by atoms with E-state index in [0.717, 1.165) is 30.0 Å². The number of hydrogen-bond donors (Lipinski definition) is 1. The molecule has 0 radical (unpaired) electrons. The second-order valence-electron chi connectivity index (χ2n) is 5.25. The zero-order chi connectivity index (χ0) is 19.9. The average molecular weight is 402 g/mol. The van der Waals surface area contributed by atoms with Gasteiger partial charge in [0.15, 0.2) is 6.20 Å². The normalized spacial score (nSPS) is 11.3. The van der Waals surface area contributed by atoms with Gasteiger partial charge in [-0.2, -0.15) is 17.9 Å².